The molecule has 0 unspecified atom stereocenters. The van der Waals surface area contributed by atoms with Crippen molar-refractivity contribution in [2.45, 2.75) is 57.8 Å². The van der Waals surface area contributed by atoms with Gasteiger partial charge in [0, 0.05) is 11.4 Å². The van der Waals surface area contributed by atoms with Crippen molar-refractivity contribution in [3.8, 4) is 0 Å². The first kappa shape index (κ1) is 24.3. The zero-order valence-electron chi connectivity index (χ0n) is 18.2. The summed E-state index contributed by atoms with van der Waals surface area (Å²) in [6.45, 7) is 0.910. The molecule has 0 saturated carbocycles. The maximum absolute atomic E-state index is 11.6. The summed E-state index contributed by atoms with van der Waals surface area (Å²) < 4.78 is 10.4. The molecule has 6 nitrogen and oxygen atoms in total. The molecule has 31 heavy (non-hydrogen) atoms. The van der Waals surface area contributed by atoms with Crippen LogP contribution in [-0.2, 0) is 9.47 Å². The van der Waals surface area contributed by atoms with Gasteiger partial charge in [0.25, 0.3) is 0 Å². The molecule has 0 aromatic heterocycles. The summed E-state index contributed by atoms with van der Waals surface area (Å²) in [5.41, 5.74) is 1.49. The standard InChI is InChI=1S/C25H34N2O4/c28-24(26-22-16-10-8-11-17-22)30-20-14-6-4-2-1-3-5-7-15-21-31-25(29)27-23-18-12-9-13-19-23/h8-13,16-19H,1-7,14-15,20-21H2,(H,26,28)(H,27,29). The van der Waals surface area contributed by atoms with Gasteiger partial charge in [-0.05, 0) is 37.1 Å². The van der Waals surface area contributed by atoms with Crippen molar-refractivity contribution in [1.82, 2.24) is 0 Å². The van der Waals surface area contributed by atoms with Crippen LogP contribution in [0.2, 0.25) is 0 Å². The second-order valence-electron chi connectivity index (χ2n) is 7.44. The van der Waals surface area contributed by atoms with Crippen LogP contribution in [0.25, 0.3) is 0 Å². The summed E-state index contributed by atoms with van der Waals surface area (Å²) in [5, 5.41) is 5.41. The number of hydrogen-bond donors (Lipinski definition) is 2. The minimum atomic E-state index is -0.396. The molecule has 168 valence electrons. The first-order valence-corrected chi connectivity index (χ1v) is 11.2. The van der Waals surface area contributed by atoms with E-state index in [1.807, 2.05) is 60.7 Å². The Balaban J connectivity index is 1.31. The summed E-state index contributed by atoms with van der Waals surface area (Å²) in [6, 6.07) is 18.6. The quantitative estimate of drug-likeness (QED) is 0.319. The van der Waals surface area contributed by atoms with Crippen molar-refractivity contribution >= 4 is 23.6 Å². The van der Waals surface area contributed by atoms with Crippen LogP contribution in [0.4, 0.5) is 21.0 Å². The van der Waals surface area contributed by atoms with Crippen LogP contribution < -0.4 is 10.6 Å². The molecule has 0 heterocycles. The van der Waals surface area contributed by atoms with E-state index in [4.69, 9.17) is 9.47 Å². The van der Waals surface area contributed by atoms with Crippen LogP contribution >= 0.6 is 0 Å². The molecule has 2 rings (SSSR count). The average Bonchev–Trinajstić information content (AvgIpc) is 2.78. The van der Waals surface area contributed by atoms with Gasteiger partial charge >= 0.3 is 12.2 Å². The lowest BCUT2D eigenvalue weighted by molar-refractivity contribution is 0.158. The third-order valence-electron chi connectivity index (χ3n) is 4.80. The lowest BCUT2D eigenvalue weighted by Gasteiger charge is -2.07. The number of rotatable bonds is 14. The van der Waals surface area contributed by atoms with Crippen LogP contribution in [0, 0.1) is 0 Å². The molecule has 0 aliphatic heterocycles. The topological polar surface area (TPSA) is 76.7 Å². The fourth-order valence-electron chi connectivity index (χ4n) is 3.12. The van der Waals surface area contributed by atoms with E-state index in [9.17, 15) is 9.59 Å². The van der Waals surface area contributed by atoms with Crippen molar-refractivity contribution in [3.63, 3.8) is 0 Å². The summed E-state index contributed by atoms with van der Waals surface area (Å²) in [4.78, 5) is 23.3. The normalized spacial score (nSPS) is 10.3. The van der Waals surface area contributed by atoms with E-state index in [0.29, 0.717) is 13.2 Å². The summed E-state index contributed by atoms with van der Waals surface area (Å²) in [5.74, 6) is 0. The number of unbranched alkanes of at least 4 members (excludes halogenated alkanes) is 8. The smallest absolute Gasteiger partial charge is 0.411 e. The molecule has 0 spiro atoms. The summed E-state index contributed by atoms with van der Waals surface area (Å²) in [7, 11) is 0. The highest BCUT2D eigenvalue weighted by atomic mass is 16.6. The molecule has 2 amide bonds. The number of amides is 2. The number of hydrogen-bond acceptors (Lipinski definition) is 4. The highest BCUT2D eigenvalue weighted by molar-refractivity contribution is 5.84. The Labute approximate surface area is 185 Å². The molecule has 0 radical (unpaired) electrons. The van der Waals surface area contributed by atoms with Crippen LogP contribution in [0.15, 0.2) is 60.7 Å². The van der Waals surface area contributed by atoms with Crippen molar-refractivity contribution in [2.75, 3.05) is 23.8 Å². The van der Waals surface area contributed by atoms with E-state index < -0.39 is 12.2 Å². The molecule has 0 fully saturated rings. The molecule has 0 atom stereocenters. The van der Waals surface area contributed by atoms with Gasteiger partial charge in [0.2, 0.25) is 0 Å². The Bertz CT molecular complexity index is 674. The molecule has 2 N–H and O–H groups in total. The Morgan fingerprint density at radius 3 is 1.19 bits per heavy atom. The fourth-order valence-corrected chi connectivity index (χ4v) is 3.12. The number of carbonyl (C=O) groups excluding carboxylic acids is 2. The van der Waals surface area contributed by atoms with E-state index in [0.717, 1.165) is 49.9 Å². The predicted molar refractivity (Wildman–Crippen MR) is 124 cm³/mol. The molecule has 2 aromatic carbocycles. The number of nitrogens with one attached hydrogen (secondary N) is 2. The molecular formula is C25H34N2O4. The zero-order chi connectivity index (χ0) is 22.0. The minimum Gasteiger partial charge on any atom is -0.449 e. The molecule has 0 bridgehead atoms. The first-order valence-electron chi connectivity index (χ1n) is 11.2. The van der Waals surface area contributed by atoms with Gasteiger partial charge in [-0.25, -0.2) is 9.59 Å². The molecular weight excluding hydrogens is 392 g/mol. The van der Waals surface area contributed by atoms with Crippen molar-refractivity contribution in [3.05, 3.63) is 60.7 Å². The van der Waals surface area contributed by atoms with Crippen molar-refractivity contribution in [2.24, 2.45) is 0 Å². The molecule has 0 aliphatic carbocycles. The zero-order valence-corrected chi connectivity index (χ0v) is 18.2. The molecule has 2 aromatic rings. The van der Waals surface area contributed by atoms with Gasteiger partial charge in [-0.3, -0.25) is 10.6 Å². The fraction of sp³-hybridized carbons (Fsp3) is 0.440. The predicted octanol–water partition coefficient (Wildman–Crippen LogP) is 6.99. The average molecular weight is 427 g/mol. The van der Waals surface area contributed by atoms with Gasteiger partial charge in [-0.1, -0.05) is 81.3 Å². The van der Waals surface area contributed by atoms with Crippen LogP contribution in [-0.4, -0.2) is 25.4 Å². The summed E-state index contributed by atoms with van der Waals surface area (Å²) in [6.07, 6.45) is 9.07. The Morgan fingerprint density at radius 1 is 0.516 bits per heavy atom. The van der Waals surface area contributed by atoms with Gasteiger partial charge in [-0.15, -0.1) is 0 Å². The van der Waals surface area contributed by atoms with E-state index >= 15 is 0 Å². The highest BCUT2D eigenvalue weighted by Crippen LogP contribution is 2.11. The Morgan fingerprint density at radius 2 is 0.839 bits per heavy atom. The number of benzene rings is 2. The van der Waals surface area contributed by atoms with Crippen LogP contribution in [0.1, 0.15) is 57.8 Å². The number of carbonyl (C=O) groups is 2. The third kappa shape index (κ3) is 12.3. The van der Waals surface area contributed by atoms with Crippen LogP contribution in [0.5, 0.6) is 0 Å². The number of anilines is 2. The summed E-state index contributed by atoms with van der Waals surface area (Å²) >= 11 is 0. The van der Waals surface area contributed by atoms with Gasteiger partial charge < -0.3 is 9.47 Å². The van der Waals surface area contributed by atoms with Crippen molar-refractivity contribution in [1.29, 1.82) is 0 Å². The van der Waals surface area contributed by atoms with E-state index in [2.05, 4.69) is 10.6 Å². The Hall–Kier alpha value is -3.02. The van der Waals surface area contributed by atoms with Gasteiger partial charge in [-0.2, -0.15) is 0 Å². The van der Waals surface area contributed by atoms with Gasteiger partial charge in [0.05, 0.1) is 13.2 Å². The molecule has 6 heteroatoms. The SMILES string of the molecule is O=C(Nc1ccccc1)OCCCCCCCCCCCOC(=O)Nc1ccccc1. The number of ether oxygens (including phenoxy) is 2. The second-order valence-corrected chi connectivity index (χ2v) is 7.44. The van der Waals surface area contributed by atoms with E-state index in [-0.39, 0.29) is 0 Å². The Kier molecular flexibility index (Phi) is 12.3. The number of para-hydroxylation sites is 2. The monoisotopic (exact) mass is 426 g/mol. The van der Waals surface area contributed by atoms with Crippen LogP contribution in [0.3, 0.4) is 0 Å². The lowest BCUT2D eigenvalue weighted by atomic mass is 10.1. The first-order chi connectivity index (χ1) is 15.2. The second kappa shape index (κ2) is 15.8. The van der Waals surface area contributed by atoms with Crippen molar-refractivity contribution < 1.29 is 19.1 Å². The maximum atomic E-state index is 11.6. The van der Waals surface area contributed by atoms with E-state index in [1.165, 1.54) is 19.3 Å². The highest BCUT2D eigenvalue weighted by Gasteiger charge is 2.03. The van der Waals surface area contributed by atoms with E-state index in [1.54, 1.807) is 0 Å². The van der Waals surface area contributed by atoms with Gasteiger partial charge in [0.1, 0.15) is 0 Å². The largest absolute Gasteiger partial charge is 0.449 e. The minimum absolute atomic E-state index is 0.396. The molecule has 0 saturated heterocycles. The van der Waals surface area contributed by atoms with Gasteiger partial charge in [0.15, 0.2) is 0 Å². The maximum Gasteiger partial charge on any atom is 0.411 e. The lowest BCUT2D eigenvalue weighted by Crippen LogP contribution is -2.14. The third-order valence-corrected chi connectivity index (χ3v) is 4.80. The molecule has 0 aliphatic rings.